The summed E-state index contributed by atoms with van der Waals surface area (Å²) in [4.78, 5) is 24.1. The minimum Gasteiger partial charge on any atom is -0.481 e. The maximum atomic E-state index is 11.8. The predicted molar refractivity (Wildman–Crippen MR) is 76.9 cm³/mol. The van der Waals surface area contributed by atoms with Crippen LogP contribution in [0.25, 0.3) is 0 Å². The number of carboxylic acids is 1. The number of carbonyl (C=O) groups excluding carboxylic acids is 1. The molecule has 1 aromatic carbocycles. The van der Waals surface area contributed by atoms with Crippen molar-refractivity contribution in [1.29, 1.82) is 0 Å². The molecule has 1 amide bonds. The molecule has 0 aromatic heterocycles. The number of carbonyl (C=O) groups is 2. The van der Waals surface area contributed by atoms with E-state index < -0.39 is 11.9 Å². The van der Waals surface area contributed by atoms with Gasteiger partial charge in [0, 0.05) is 24.5 Å². The number of carboxylic acid groups (broad SMARTS) is 1. The third kappa shape index (κ3) is 5.42. The van der Waals surface area contributed by atoms with Gasteiger partial charge in [0.25, 0.3) is 0 Å². The van der Waals surface area contributed by atoms with Crippen molar-refractivity contribution < 1.29 is 14.7 Å². The molecule has 0 aliphatic carbocycles. The van der Waals surface area contributed by atoms with Gasteiger partial charge in [0.15, 0.2) is 0 Å². The zero-order chi connectivity index (χ0) is 14.4. The highest BCUT2D eigenvalue weighted by molar-refractivity contribution is 9.10. The van der Waals surface area contributed by atoms with Crippen LogP contribution in [-0.2, 0) is 16.0 Å². The summed E-state index contributed by atoms with van der Waals surface area (Å²) in [6.45, 7) is 2.13. The van der Waals surface area contributed by atoms with E-state index in [1.54, 1.807) is 18.9 Å². The summed E-state index contributed by atoms with van der Waals surface area (Å²) in [5.41, 5.74) is 1.14. The zero-order valence-corrected chi connectivity index (χ0v) is 12.7. The number of hydrogen-bond donors (Lipinski definition) is 1. The molecule has 0 aliphatic rings. The summed E-state index contributed by atoms with van der Waals surface area (Å²) >= 11 is 3.40. The number of aliphatic carboxylic acids is 1. The molecule has 4 nitrogen and oxygen atoms in total. The number of likely N-dealkylation sites (N-methyl/N-ethyl adjacent to an activating group) is 1. The smallest absolute Gasteiger partial charge is 0.306 e. The summed E-state index contributed by atoms with van der Waals surface area (Å²) in [7, 11) is 1.70. The number of halogens is 1. The minimum absolute atomic E-state index is 0.0459. The van der Waals surface area contributed by atoms with Crippen molar-refractivity contribution in [2.45, 2.75) is 19.8 Å². The van der Waals surface area contributed by atoms with E-state index in [1.807, 2.05) is 24.3 Å². The molecular formula is C14H18BrNO3. The Balaban J connectivity index is 2.44. The number of nitrogens with zero attached hydrogens (tertiary/aromatic N) is 1. The fourth-order valence-corrected chi connectivity index (χ4v) is 2.07. The van der Waals surface area contributed by atoms with Crippen LogP contribution in [0.3, 0.4) is 0 Å². The summed E-state index contributed by atoms with van der Waals surface area (Å²) < 4.78 is 1.01. The van der Waals surface area contributed by atoms with Crippen LogP contribution in [-0.4, -0.2) is 35.5 Å². The number of hydrogen-bond acceptors (Lipinski definition) is 2. The fourth-order valence-electron chi connectivity index (χ4n) is 1.62. The number of rotatable bonds is 6. The molecule has 1 unspecified atom stereocenters. The molecule has 5 heteroatoms. The predicted octanol–water partition coefficient (Wildman–Crippen LogP) is 2.56. The molecular weight excluding hydrogens is 310 g/mol. The van der Waals surface area contributed by atoms with Crippen molar-refractivity contribution in [3.8, 4) is 0 Å². The molecule has 0 bridgehead atoms. The highest BCUT2D eigenvalue weighted by atomic mass is 79.9. The van der Waals surface area contributed by atoms with E-state index in [2.05, 4.69) is 15.9 Å². The summed E-state index contributed by atoms with van der Waals surface area (Å²) in [5, 5.41) is 8.78. The second-order valence-electron chi connectivity index (χ2n) is 4.64. The Labute approximate surface area is 121 Å². The maximum absolute atomic E-state index is 11.8. The maximum Gasteiger partial charge on any atom is 0.306 e. The highest BCUT2D eigenvalue weighted by Gasteiger charge is 2.18. The van der Waals surface area contributed by atoms with Gasteiger partial charge in [0.05, 0.1) is 5.92 Å². The lowest BCUT2D eigenvalue weighted by molar-refractivity contribution is -0.144. The van der Waals surface area contributed by atoms with Gasteiger partial charge in [-0.3, -0.25) is 9.59 Å². The first kappa shape index (κ1) is 15.7. The Morgan fingerprint density at radius 1 is 1.42 bits per heavy atom. The van der Waals surface area contributed by atoms with Gasteiger partial charge in [-0.1, -0.05) is 35.0 Å². The normalized spacial score (nSPS) is 11.9. The standard InChI is InChI=1S/C14H18BrNO3/c1-10(14(18)19)8-13(17)16(2)7-6-11-4-3-5-12(15)9-11/h3-5,9-10H,6-8H2,1-2H3,(H,18,19). The molecule has 0 fully saturated rings. The van der Waals surface area contributed by atoms with Crippen LogP contribution in [0.1, 0.15) is 18.9 Å². The van der Waals surface area contributed by atoms with Crippen LogP contribution in [0.4, 0.5) is 0 Å². The topological polar surface area (TPSA) is 57.6 Å². The van der Waals surface area contributed by atoms with Crippen molar-refractivity contribution in [3.63, 3.8) is 0 Å². The molecule has 1 rings (SSSR count). The monoisotopic (exact) mass is 327 g/mol. The van der Waals surface area contributed by atoms with Gasteiger partial charge < -0.3 is 10.0 Å². The summed E-state index contributed by atoms with van der Waals surface area (Å²) in [6.07, 6.45) is 0.799. The van der Waals surface area contributed by atoms with Crippen LogP contribution < -0.4 is 0 Å². The van der Waals surface area contributed by atoms with Gasteiger partial charge in [-0.25, -0.2) is 0 Å². The molecule has 1 atom stereocenters. The molecule has 19 heavy (non-hydrogen) atoms. The van der Waals surface area contributed by atoms with E-state index in [1.165, 1.54) is 0 Å². The average Bonchev–Trinajstić information content (AvgIpc) is 2.35. The third-order valence-electron chi connectivity index (χ3n) is 2.95. The molecule has 0 saturated carbocycles. The first-order valence-corrected chi connectivity index (χ1v) is 6.90. The van der Waals surface area contributed by atoms with Crippen molar-refractivity contribution in [2.75, 3.05) is 13.6 Å². The molecule has 0 spiro atoms. The van der Waals surface area contributed by atoms with Crippen molar-refractivity contribution >= 4 is 27.8 Å². The molecule has 1 N–H and O–H groups in total. The Bertz CT molecular complexity index is 462. The number of amides is 1. The summed E-state index contributed by atoms with van der Waals surface area (Å²) in [5.74, 6) is -1.71. The lowest BCUT2D eigenvalue weighted by Gasteiger charge is -2.18. The molecule has 0 aliphatic heterocycles. The van der Waals surface area contributed by atoms with Gasteiger partial charge >= 0.3 is 5.97 Å². The quantitative estimate of drug-likeness (QED) is 0.873. The van der Waals surface area contributed by atoms with E-state index in [0.717, 1.165) is 16.5 Å². The van der Waals surface area contributed by atoms with Crippen LogP contribution in [0.2, 0.25) is 0 Å². The lowest BCUT2D eigenvalue weighted by Crippen LogP contribution is -2.31. The van der Waals surface area contributed by atoms with Crippen LogP contribution >= 0.6 is 15.9 Å². The van der Waals surface area contributed by atoms with Gasteiger partial charge in [-0.15, -0.1) is 0 Å². The molecule has 0 saturated heterocycles. The van der Waals surface area contributed by atoms with Gasteiger partial charge in [-0.05, 0) is 24.1 Å². The Kier molecular flexibility index (Phi) is 6.02. The average molecular weight is 328 g/mol. The van der Waals surface area contributed by atoms with E-state index in [4.69, 9.17) is 5.11 Å². The first-order valence-electron chi connectivity index (χ1n) is 6.11. The van der Waals surface area contributed by atoms with Crippen LogP contribution in [0, 0.1) is 5.92 Å². The van der Waals surface area contributed by atoms with Gasteiger partial charge in [-0.2, -0.15) is 0 Å². The van der Waals surface area contributed by atoms with E-state index in [-0.39, 0.29) is 12.3 Å². The zero-order valence-electron chi connectivity index (χ0n) is 11.1. The third-order valence-corrected chi connectivity index (χ3v) is 3.45. The van der Waals surface area contributed by atoms with Crippen molar-refractivity contribution in [1.82, 2.24) is 4.90 Å². The second-order valence-corrected chi connectivity index (χ2v) is 5.55. The molecule has 1 aromatic rings. The Hall–Kier alpha value is -1.36. The van der Waals surface area contributed by atoms with Gasteiger partial charge in [0.1, 0.15) is 0 Å². The first-order chi connectivity index (χ1) is 8.90. The lowest BCUT2D eigenvalue weighted by atomic mass is 10.1. The largest absolute Gasteiger partial charge is 0.481 e. The fraction of sp³-hybridized carbons (Fsp3) is 0.429. The SMILES string of the molecule is CC(CC(=O)N(C)CCc1cccc(Br)c1)C(=O)O. The molecule has 0 heterocycles. The Morgan fingerprint density at radius 3 is 2.68 bits per heavy atom. The van der Waals surface area contributed by atoms with E-state index >= 15 is 0 Å². The molecule has 0 radical (unpaired) electrons. The van der Waals surface area contributed by atoms with Crippen molar-refractivity contribution in [2.24, 2.45) is 5.92 Å². The van der Waals surface area contributed by atoms with Crippen LogP contribution in [0.15, 0.2) is 28.7 Å². The molecule has 104 valence electrons. The van der Waals surface area contributed by atoms with E-state index in [0.29, 0.717) is 6.54 Å². The van der Waals surface area contributed by atoms with Crippen LogP contribution in [0.5, 0.6) is 0 Å². The van der Waals surface area contributed by atoms with E-state index in [9.17, 15) is 9.59 Å². The highest BCUT2D eigenvalue weighted by Crippen LogP contribution is 2.12. The second kappa shape index (κ2) is 7.28. The van der Waals surface area contributed by atoms with Gasteiger partial charge in [0.2, 0.25) is 5.91 Å². The number of benzene rings is 1. The van der Waals surface area contributed by atoms with Crippen molar-refractivity contribution in [3.05, 3.63) is 34.3 Å². The summed E-state index contributed by atoms with van der Waals surface area (Å²) in [6, 6.07) is 7.92. The Morgan fingerprint density at radius 2 is 2.11 bits per heavy atom. The minimum atomic E-state index is -0.936.